The molecule has 3 heterocycles. The minimum Gasteiger partial charge on any atom is -0.394 e. The lowest BCUT2D eigenvalue weighted by Gasteiger charge is -2.48. The number of aliphatic hydroxyl groups is 4. The van der Waals surface area contributed by atoms with Crippen LogP contribution in [0.3, 0.4) is 0 Å². The fourth-order valence-corrected chi connectivity index (χ4v) is 7.65. The van der Waals surface area contributed by atoms with E-state index < -0.39 is 86.3 Å². The van der Waals surface area contributed by atoms with Gasteiger partial charge in [-0.1, -0.05) is 121 Å². The highest BCUT2D eigenvalue weighted by atomic mass is 16.8. The minimum atomic E-state index is -1.62. The molecule has 3 fully saturated rings. The Hall–Kier alpha value is -3.64. The van der Waals surface area contributed by atoms with Gasteiger partial charge < -0.3 is 63.1 Å². The van der Waals surface area contributed by atoms with E-state index in [2.05, 4.69) is 0 Å². The molecule has 4 aromatic rings. The number of rotatable bonds is 18. The van der Waals surface area contributed by atoms with Crippen LogP contribution in [-0.4, -0.2) is 120 Å². The Morgan fingerprint density at radius 2 is 1.03 bits per heavy atom. The molecule has 3 aliphatic heterocycles. The van der Waals surface area contributed by atoms with E-state index in [-0.39, 0.29) is 26.4 Å². The van der Waals surface area contributed by atoms with Crippen molar-refractivity contribution in [3.8, 4) is 0 Å². The highest BCUT2D eigenvalue weighted by molar-refractivity contribution is 5.16. The summed E-state index contributed by atoms with van der Waals surface area (Å²) in [6, 6.07) is 39.3. The number of benzene rings is 4. The van der Waals surface area contributed by atoms with Crippen molar-refractivity contribution in [1.82, 2.24) is 0 Å². The van der Waals surface area contributed by atoms with Crippen LogP contribution in [0, 0.1) is 0 Å². The Balaban J connectivity index is 1.19. The van der Waals surface area contributed by atoms with Crippen LogP contribution in [0.4, 0.5) is 0 Å². The van der Waals surface area contributed by atoms with E-state index >= 15 is 0 Å². The van der Waals surface area contributed by atoms with Gasteiger partial charge in [-0.25, -0.2) is 0 Å². The van der Waals surface area contributed by atoms with Gasteiger partial charge in [0.15, 0.2) is 12.6 Å². The molecule has 4 N–H and O–H groups in total. The molecule has 3 aliphatic rings. The largest absolute Gasteiger partial charge is 0.394 e. The third-order valence-corrected chi connectivity index (χ3v) is 10.9. The third-order valence-electron chi connectivity index (χ3n) is 10.9. The summed E-state index contributed by atoms with van der Waals surface area (Å²) in [6.07, 6.45) is -13.1. The number of ether oxygens (including phenoxy) is 9. The van der Waals surface area contributed by atoms with Crippen LogP contribution >= 0.6 is 0 Å². The maximum atomic E-state index is 11.0. The van der Waals surface area contributed by atoms with Crippen LogP contribution in [0.15, 0.2) is 121 Å². The topological polar surface area (TPSA) is 164 Å². The van der Waals surface area contributed by atoms with Crippen LogP contribution in [0.25, 0.3) is 0 Å². The van der Waals surface area contributed by atoms with Crippen molar-refractivity contribution in [1.29, 1.82) is 0 Å². The van der Waals surface area contributed by atoms with Gasteiger partial charge in [0.25, 0.3) is 0 Å². The predicted octanol–water partition coefficient (Wildman–Crippen LogP) is 4.06. The van der Waals surface area contributed by atoms with Crippen molar-refractivity contribution >= 4 is 0 Å². The molecule has 13 heteroatoms. The Kier molecular flexibility index (Phi) is 16.0. The zero-order valence-electron chi connectivity index (χ0n) is 33.2. The van der Waals surface area contributed by atoms with E-state index in [1.807, 2.05) is 128 Å². The zero-order chi connectivity index (χ0) is 41.0. The second-order valence-corrected chi connectivity index (χ2v) is 15.2. The summed E-state index contributed by atoms with van der Waals surface area (Å²) in [5.74, 6) is 0. The molecule has 0 amide bonds. The van der Waals surface area contributed by atoms with Crippen LogP contribution < -0.4 is 0 Å². The maximum absolute atomic E-state index is 11.0. The molecular weight excluding hydrogens is 760 g/mol. The fraction of sp³-hybridized carbons (Fsp3) is 0.478. The van der Waals surface area contributed by atoms with Gasteiger partial charge in [-0.3, -0.25) is 0 Å². The molecule has 0 aromatic heterocycles. The van der Waals surface area contributed by atoms with E-state index in [0.29, 0.717) is 19.6 Å². The summed E-state index contributed by atoms with van der Waals surface area (Å²) in [7, 11) is 0. The molecule has 13 atom stereocenters. The summed E-state index contributed by atoms with van der Waals surface area (Å²) in [5.41, 5.74) is 3.88. The summed E-state index contributed by atoms with van der Waals surface area (Å²) in [5, 5.41) is 42.0. The first-order valence-corrected chi connectivity index (χ1v) is 20.3. The van der Waals surface area contributed by atoms with Crippen LogP contribution in [0.5, 0.6) is 0 Å². The second-order valence-electron chi connectivity index (χ2n) is 15.2. The quantitative estimate of drug-likeness (QED) is 0.114. The summed E-state index contributed by atoms with van der Waals surface area (Å²) >= 11 is 0. The highest BCUT2D eigenvalue weighted by Gasteiger charge is 2.52. The summed E-state index contributed by atoms with van der Waals surface area (Å²) in [6.45, 7) is 2.81. The van der Waals surface area contributed by atoms with E-state index in [0.717, 1.165) is 22.3 Å². The third kappa shape index (κ3) is 11.6. The molecule has 0 spiro atoms. The Labute approximate surface area is 345 Å². The van der Waals surface area contributed by atoms with Gasteiger partial charge in [0.2, 0.25) is 0 Å². The van der Waals surface area contributed by atoms with Gasteiger partial charge in [-0.2, -0.15) is 0 Å². The van der Waals surface area contributed by atoms with E-state index in [1.54, 1.807) is 0 Å². The first-order chi connectivity index (χ1) is 28.9. The second kappa shape index (κ2) is 21.7. The molecule has 0 saturated carbocycles. The van der Waals surface area contributed by atoms with Crippen molar-refractivity contribution in [2.24, 2.45) is 0 Å². The average Bonchev–Trinajstić information content (AvgIpc) is 3.27. The molecule has 59 heavy (non-hydrogen) atoms. The molecule has 0 aliphatic carbocycles. The zero-order valence-corrected chi connectivity index (χ0v) is 33.2. The summed E-state index contributed by atoms with van der Waals surface area (Å²) in [4.78, 5) is 0. The van der Waals surface area contributed by atoms with Crippen LogP contribution in [0.2, 0.25) is 0 Å². The van der Waals surface area contributed by atoms with E-state index in [4.69, 9.17) is 42.6 Å². The first-order valence-electron chi connectivity index (χ1n) is 20.3. The number of aliphatic hydroxyl groups excluding tert-OH is 4. The lowest BCUT2D eigenvalue weighted by atomic mass is 9.97. The maximum Gasteiger partial charge on any atom is 0.187 e. The minimum absolute atomic E-state index is 0.114. The normalized spacial score (nSPS) is 32.5. The Morgan fingerprint density at radius 1 is 0.525 bits per heavy atom. The molecular formula is C46H56O13. The van der Waals surface area contributed by atoms with E-state index in [1.165, 1.54) is 0 Å². The van der Waals surface area contributed by atoms with Gasteiger partial charge in [-0.15, -0.1) is 0 Å². The Morgan fingerprint density at radius 3 is 1.58 bits per heavy atom. The standard InChI is InChI=1S/C46H56O13/c1-30-41(53-26-32-16-8-3-9-17-32)43(54-27-33-18-10-4-11-19-33)44(55-28-34-20-12-5-13-21-34)46(56-30)59-42-35(57-45-40(50)39(49)38(48)36(24-47)58-45)22-23-52-37(42)29-51-25-31-14-6-2-7-15-31/h2-21,30,35-50H,22-29H2,1H3. The molecule has 4 aromatic carbocycles. The van der Waals surface area contributed by atoms with E-state index in [9.17, 15) is 20.4 Å². The monoisotopic (exact) mass is 816 g/mol. The van der Waals surface area contributed by atoms with Crippen molar-refractivity contribution in [2.75, 3.05) is 19.8 Å². The summed E-state index contributed by atoms with van der Waals surface area (Å²) < 4.78 is 58.6. The lowest BCUT2D eigenvalue weighted by molar-refractivity contribution is -0.362. The van der Waals surface area contributed by atoms with Crippen molar-refractivity contribution < 1.29 is 63.1 Å². The highest BCUT2D eigenvalue weighted by Crippen LogP contribution is 2.35. The molecule has 13 unspecified atom stereocenters. The molecule has 7 rings (SSSR count). The van der Waals surface area contributed by atoms with Crippen molar-refractivity contribution in [2.45, 2.75) is 119 Å². The van der Waals surface area contributed by atoms with Gasteiger partial charge >= 0.3 is 0 Å². The SMILES string of the molecule is CC1OC(OC2C(COCc3ccccc3)OCCC2OC2OC(CO)C(O)C(O)C2O)C(OCc2ccccc2)C(OCc2ccccc2)C1OCc1ccccc1. The average molecular weight is 817 g/mol. The van der Waals surface area contributed by atoms with Crippen molar-refractivity contribution in [3.63, 3.8) is 0 Å². The number of hydrogen-bond donors (Lipinski definition) is 4. The van der Waals surface area contributed by atoms with Crippen LogP contribution in [-0.2, 0) is 69.1 Å². The Bertz CT molecular complexity index is 1770. The molecule has 13 nitrogen and oxygen atoms in total. The first kappa shape index (κ1) is 43.4. The molecule has 0 radical (unpaired) electrons. The van der Waals surface area contributed by atoms with Gasteiger partial charge in [0.1, 0.15) is 54.9 Å². The predicted molar refractivity (Wildman–Crippen MR) is 213 cm³/mol. The number of hydrogen-bond acceptors (Lipinski definition) is 13. The molecule has 0 bridgehead atoms. The molecule has 3 saturated heterocycles. The lowest BCUT2D eigenvalue weighted by Crippen LogP contribution is -2.63. The fourth-order valence-electron chi connectivity index (χ4n) is 7.65. The van der Waals surface area contributed by atoms with Gasteiger partial charge in [-0.05, 0) is 35.6 Å². The van der Waals surface area contributed by atoms with Gasteiger partial charge in [0.05, 0.1) is 51.8 Å². The van der Waals surface area contributed by atoms with Crippen molar-refractivity contribution in [3.05, 3.63) is 144 Å². The van der Waals surface area contributed by atoms with Crippen LogP contribution in [0.1, 0.15) is 35.6 Å². The smallest absolute Gasteiger partial charge is 0.187 e. The van der Waals surface area contributed by atoms with Gasteiger partial charge in [0, 0.05) is 6.61 Å². The molecule has 318 valence electrons.